The lowest BCUT2D eigenvalue weighted by atomic mass is 9.92. The Balaban J connectivity index is 1.83. The van der Waals surface area contributed by atoms with Crippen LogP contribution in [0.25, 0.3) is 5.57 Å². The van der Waals surface area contributed by atoms with Gasteiger partial charge in [-0.2, -0.15) is 0 Å². The zero-order valence-corrected chi connectivity index (χ0v) is 18.7. The highest BCUT2D eigenvalue weighted by Crippen LogP contribution is 2.39. The molecule has 1 saturated heterocycles. The maximum Gasteiger partial charge on any atom is 0.414 e. The van der Waals surface area contributed by atoms with Gasteiger partial charge in [0.2, 0.25) is 0 Å². The molecule has 0 spiro atoms. The molecule has 8 nitrogen and oxygen atoms in total. The summed E-state index contributed by atoms with van der Waals surface area (Å²) in [5.74, 6) is 1.27. The Bertz CT molecular complexity index is 1060. The number of hydrogen-bond donors (Lipinski definition) is 1. The third-order valence-electron chi connectivity index (χ3n) is 5.86. The molecule has 1 fully saturated rings. The lowest BCUT2D eigenvalue weighted by Gasteiger charge is -2.24. The quantitative estimate of drug-likeness (QED) is 0.790. The fraction of sp³-hybridized carbons (Fsp3) is 0.333. The molecule has 0 aliphatic carbocycles. The smallest absolute Gasteiger partial charge is 0.414 e. The fourth-order valence-corrected chi connectivity index (χ4v) is 4.16. The standard InChI is InChI=1S/C24H27N3O5/c1-15-11-17-12-21(30-3)22(31-4)13-19(17)20(14-27(15)23(28)25-2)16-5-7-18(8-6-16)26-9-10-32-24(26)29/h5-8,12-15H,9-11H2,1-4H3,(H,25,28). The number of methoxy groups -OCH3 is 2. The van der Waals surface area contributed by atoms with E-state index in [1.54, 1.807) is 31.1 Å². The first-order chi connectivity index (χ1) is 15.5. The number of ether oxygens (including phenoxy) is 3. The Hall–Kier alpha value is -3.68. The predicted octanol–water partition coefficient (Wildman–Crippen LogP) is 3.64. The third-order valence-corrected chi connectivity index (χ3v) is 5.86. The highest BCUT2D eigenvalue weighted by molar-refractivity contribution is 5.91. The van der Waals surface area contributed by atoms with Gasteiger partial charge < -0.3 is 19.5 Å². The molecule has 2 aromatic carbocycles. The van der Waals surface area contributed by atoms with Crippen molar-refractivity contribution in [3.05, 3.63) is 59.3 Å². The molecule has 2 heterocycles. The van der Waals surface area contributed by atoms with Crippen molar-refractivity contribution in [1.82, 2.24) is 10.2 Å². The van der Waals surface area contributed by atoms with Crippen LogP contribution in [0.2, 0.25) is 0 Å². The van der Waals surface area contributed by atoms with Gasteiger partial charge in [0.1, 0.15) is 6.61 Å². The molecule has 2 aliphatic heterocycles. The van der Waals surface area contributed by atoms with E-state index >= 15 is 0 Å². The maximum absolute atomic E-state index is 12.6. The summed E-state index contributed by atoms with van der Waals surface area (Å²) in [5.41, 5.74) is 4.59. The summed E-state index contributed by atoms with van der Waals surface area (Å²) < 4.78 is 16.1. The maximum atomic E-state index is 12.6. The molecule has 2 aliphatic rings. The Kier molecular flexibility index (Phi) is 5.94. The summed E-state index contributed by atoms with van der Waals surface area (Å²) >= 11 is 0. The van der Waals surface area contributed by atoms with Gasteiger partial charge >= 0.3 is 12.1 Å². The highest BCUT2D eigenvalue weighted by Gasteiger charge is 2.27. The summed E-state index contributed by atoms with van der Waals surface area (Å²) in [6, 6.07) is 11.4. The van der Waals surface area contributed by atoms with Crippen LogP contribution in [0.4, 0.5) is 15.3 Å². The van der Waals surface area contributed by atoms with E-state index in [0.29, 0.717) is 31.1 Å². The second-order valence-corrected chi connectivity index (χ2v) is 7.74. The monoisotopic (exact) mass is 437 g/mol. The van der Waals surface area contributed by atoms with E-state index in [1.165, 1.54) is 0 Å². The highest BCUT2D eigenvalue weighted by atomic mass is 16.6. The van der Waals surface area contributed by atoms with Crippen LogP contribution in [0.3, 0.4) is 0 Å². The summed E-state index contributed by atoms with van der Waals surface area (Å²) in [4.78, 5) is 27.8. The van der Waals surface area contributed by atoms with Gasteiger partial charge in [0.15, 0.2) is 11.5 Å². The normalized spacial score (nSPS) is 17.8. The van der Waals surface area contributed by atoms with Crippen LogP contribution in [0.1, 0.15) is 23.6 Å². The van der Waals surface area contributed by atoms with Gasteiger partial charge in [-0.15, -0.1) is 0 Å². The molecule has 2 aromatic rings. The molecule has 3 amide bonds. The number of nitrogens with zero attached hydrogens (tertiary/aromatic N) is 2. The molecule has 168 valence electrons. The van der Waals surface area contributed by atoms with Crippen molar-refractivity contribution in [2.45, 2.75) is 19.4 Å². The fourth-order valence-electron chi connectivity index (χ4n) is 4.16. The van der Waals surface area contributed by atoms with Crippen molar-refractivity contribution in [2.75, 3.05) is 39.3 Å². The molecule has 1 atom stereocenters. The third kappa shape index (κ3) is 3.84. The minimum absolute atomic E-state index is 0.0667. The Morgan fingerprint density at radius 1 is 1.12 bits per heavy atom. The van der Waals surface area contributed by atoms with Crippen molar-refractivity contribution in [2.24, 2.45) is 0 Å². The van der Waals surface area contributed by atoms with Crippen molar-refractivity contribution in [3.63, 3.8) is 0 Å². The van der Waals surface area contributed by atoms with Gasteiger partial charge in [-0.1, -0.05) is 12.1 Å². The number of carbonyl (C=O) groups is 2. The summed E-state index contributed by atoms with van der Waals surface area (Å²) in [6.45, 7) is 2.93. The lowest BCUT2D eigenvalue weighted by molar-refractivity contribution is 0.181. The summed E-state index contributed by atoms with van der Waals surface area (Å²) in [5, 5.41) is 2.72. The van der Waals surface area contributed by atoms with Gasteiger partial charge in [0.25, 0.3) is 0 Å². The van der Waals surface area contributed by atoms with Gasteiger partial charge in [-0.3, -0.25) is 9.80 Å². The Labute approximate surface area is 187 Å². The van der Waals surface area contributed by atoms with Crippen LogP contribution in [0.5, 0.6) is 11.5 Å². The Morgan fingerprint density at radius 3 is 2.41 bits per heavy atom. The average Bonchev–Trinajstić information content (AvgIpc) is 3.18. The number of nitrogens with one attached hydrogen (secondary N) is 1. The molecular formula is C24H27N3O5. The predicted molar refractivity (Wildman–Crippen MR) is 121 cm³/mol. The second kappa shape index (κ2) is 8.82. The van der Waals surface area contributed by atoms with Crippen molar-refractivity contribution in [1.29, 1.82) is 0 Å². The number of rotatable bonds is 4. The first kappa shape index (κ1) is 21.5. The van der Waals surface area contributed by atoms with Gasteiger partial charge in [-0.05, 0) is 54.3 Å². The van der Waals surface area contributed by atoms with Crippen LogP contribution in [0, 0.1) is 0 Å². The molecule has 1 unspecified atom stereocenters. The zero-order chi connectivity index (χ0) is 22.8. The van der Waals surface area contributed by atoms with Crippen LogP contribution >= 0.6 is 0 Å². The number of hydrogen-bond acceptors (Lipinski definition) is 5. The van der Waals surface area contributed by atoms with Gasteiger partial charge in [0, 0.05) is 30.5 Å². The Morgan fingerprint density at radius 2 is 1.81 bits per heavy atom. The molecule has 0 bridgehead atoms. The first-order valence-corrected chi connectivity index (χ1v) is 10.5. The molecule has 4 rings (SSSR count). The molecular weight excluding hydrogens is 410 g/mol. The number of fused-ring (bicyclic) bond motifs is 1. The topological polar surface area (TPSA) is 80.3 Å². The van der Waals surface area contributed by atoms with Crippen LogP contribution in [-0.4, -0.2) is 57.5 Å². The van der Waals surface area contributed by atoms with Gasteiger partial charge in [-0.25, -0.2) is 9.59 Å². The van der Waals surface area contributed by atoms with E-state index in [4.69, 9.17) is 14.2 Å². The number of benzene rings is 2. The van der Waals surface area contributed by atoms with Crippen LogP contribution in [0.15, 0.2) is 42.6 Å². The van der Waals surface area contributed by atoms with Gasteiger partial charge in [0.05, 0.1) is 20.8 Å². The lowest BCUT2D eigenvalue weighted by Crippen LogP contribution is -2.40. The van der Waals surface area contributed by atoms with Crippen LogP contribution < -0.4 is 19.7 Å². The summed E-state index contributed by atoms with van der Waals surface area (Å²) in [7, 11) is 4.84. The van der Waals surface area contributed by atoms with E-state index in [2.05, 4.69) is 5.32 Å². The number of anilines is 1. The number of urea groups is 1. The SMILES string of the molecule is CNC(=O)N1C=C(c2ccc(N3CCOC3=O)cc2)c2cc(OC)c(OC)cc2CC1C. The second-order valence-electron chi connectivity index (χ2n) is 7.74. The summed E-state index contributed by atoms with van der Waals surface area (Å²) in [6.07, 6.45) is 2.19. The van der Waals surface area contributed by atoms with E-state index in [9.17, 15) is 9.59 Å². The van der Waals surface area contributed by atoms with E-state index in [0.717, 1.165) is 28.0 Å². The van der Waals surface area contributed by atoms with Crippen molar-refractivity contribution < 1.29 is 23.8 Å². The minimum atomic E-state index is -0.340. The number of carbonyl (C=O) groups excluding carboxylic acids is 2. The average molecular weight is 437 g/mol. The molecule has 8 heteroatoms. The number of amides is 3. The zero-order valence-electron chi connectivity index (χ0n) is 18.7. The molecule has 32 heavy (non-hydrogen) atoms. The number of cyclic esters (lactones) is 1. The van der Waals surface area contributed by atoms with E-state index in [1.807, 2.05) is 49.5 Å². The molecule has 0 saturated carbocycles. The molecule has 0 radical (unpaired) electrons. The molecule has 0 aromatic heterocycles. The molecule has 1 N–H and O–H groups in total. The van der Waals surface area contributed by atoms with Crippen molar-refractivity contribution in [3.8, 4) is 11.5 Å². The van der Waals surface area contributed by atoms with E-state index in [-0.39, 0.29) is 18.2 Å². The van der Waals surface area contributed by atoms with Crippen LogP contribution in [-0.2, 0) is 11.2 Å². The largest absolute Gasteiger partial charge is 0.493 e. The first-order valence-electron chi connectivity index (χ1n) is 10.5. The van der Waals surface area contributed by atoms with Crippen molar-refractivity contribution >= 4 is 23.4 Å². The minimum Gasteiger partial charge on any atom is -0.493 e. The van der Waals surface area contributed by atoms with E-state index < -0.39 is 0 Å².